The summed E-state index contributed by atoms with van der Waals surface area (Å²) in [5.74, 6) is -1.68. The van der Waals surface area contributed by atoms with Crippen molar-refractivity contribution >= 4 is 46.3 Å². The van der Waals surface area contributed by atoms with Crippen LogP contribution in [-0.2, 0) is 9.59 Å². The second-order valence-electron chi connectivity index (χ2n) is 8.98. The standard InChI is InChI=1S/C27H30Cl2N4O3/c1-5-31(6-2)12-8-14-33-23(18-10-11-19(28)20(29)15-18)21(25(35)27(33)36)24(34)22-17(4)32-13-7-9-16(3)26(32)30-22/h7,9-11,13,15,23,34H,5-6,8,12,14H2,1-4H3. The van der Waals surface area contributed by atoms with E-state index in [0.29, 0.717) is 39.9 Å². The molecule has 3 aromatic rings. The molecule has 0 bridgehead atoms. The topological polar surface area (TPSA) is 78.2 Å². The van der Waals surface area contributed by atoms with Crippen LogP contribution in [0, 0.1) is 13.8 Å². The van der Waals surface area contributed by atoms with E-state index in [-0.39, 0.29) is 17.0 Å². The van der Waals surface area contributed by atoms with E-state index in [1.165, 1.54) is 4.90 Å². The summed E-state index contributed by atoms with van der Waals surface area (Å²) in [5, 5.41) is 12.2. The first-order valence-electron chi connectivity index (χ1n) is 12.1. The molecule has 1 atom stereocenters. The highest BCUT2D eigenvalue weighted by atomic mass is 35.5. The van der Waals surface area contributed by atoms with Gasteiger partial charge in [0.05, 0.1) is 27.4 Å². The third-order valence-corrected chi connectivity index (χ3v) is 7.61. The van der Waals surface area contributed by atoms with Gasteiger partial charge in [-0.1, -0.05) is 49.2 Å². The summed E-state index contributed by atoms with van der Waals surface area (Å²) in [6.07, 6.45) is 2.53. The Labute approximate surface area is 220 Å². The zero-order valence-electron chi connectivity index (χ0n) is 20.9. The van der Waals surface area contributed by atoms with E-state index in [1.54, 1.807) is 18.2 Å². The van der Waals surface area contributed by atoms with Gasteiger partial charge in [-0.3, -0.25) is 9.59 Å². The number of hydrogen-bond acceptors (Lipinski definition) is 5. The van der Waals surface area contributed by atoms with Gasteiger partial charge in [0.25, 0.3) is 11.7 Å². The van der Waals surface area contributed by atoms with Crippen LogP contribution < -0.4 is 0 Å². The highest BCUT2D eigenvalue weighted by Gasteiger charge is 2.46. The molecule has 36 heavy (non-hydrogen) atoms. The van der Waals surface area contributed by atoms with Crippen LogP contribution >= 0.6 is 23.2 Å². The summed E-state index contributed by atoms with van der Waals surface area (Å²) in [5.41, 5.74) is 3.16. The first-order chi connectivity index (χ1) is 17.2. The average Bonchev–Trinajstić information content (AvgIpc) is 3.33. The van der Waals surface area contributed by atoms with Gasteiger partial charge in [-0.2, -0.15) is 0 Å². The van der Waals surface area contributed by atoms with Crippen LogP contribution in [0.1, 0.15) is 48.8 Å². The molecule has 2 aromatic heterocycles. The van der Waals surface area contributed by atoms with Crippen LogP contribution in [0.25, 0.3) is 11.4 Å². The zero-order chi connectivity index (χ0) is 26.1. The zero-order valence-corrected chi connectivity index (χ0v) is 22.4. The van der Waals surface area contributed by atoms with E-state index in [1.807, 2.05) is 36.6 Å². The van der Waals surface area contributed by atoms with Gasteiger partial charge >= 0.3 is 0 Å². The highest BCUT2D eigenvalue weighted by molar-refractivity contribution is 6.46. The number of likely N-dealkylation sites (tertiary alicyclic amines) is 1. The van der Waals surface area contributed by atoms with Crippen LogP contribution in [0.4, 0.5) is 0 Å². The van der Waals surface area contributed by atoms with Gasteiger partial charge in [0.15, 0.2) is 5.76 Å². The van der Waals surface area contributed by atoms with Crippen LogP contribution in [0.3, 0.4) is 0 Å². The molecule has 0 aliphatic carbocycles. The lowest BCUT2D eigenvalue weighted by Gasteiger charge is -2.27. The van der Waals surface area contributed by atoms with Crippen LogP contribution in [-0.4, -0.2) is 62.2 Å². The number of imidazole rings is 1. The van der Waals surface area contributed by atoms with Crippen LogP contribution in [0.15, 0.2) is 42.1 Å². The van der Waals surface area contributed by atoms with Crippen molar-refractivity contribution in [1.82, 2.24) is 19.2 Å². The van der Waals surface area contributed by atoms with Gasteiger partial charge in [0, 0.05) is 12.7 Å². The first-order valence-corrected chi connectivity index (χ1v) is 12.9. The predicted octanol–water partition coefficient (Wildman–Crippen LogP) is 5.41. The molecular weight excluding hydrogens is 499 g/mol. The summed E-state index contributed by atoms with van der Waals surface area (Å²) in [6.45, 7) is 10.9. The highest BCUT2D eigenvalue weighted by Crippen LogP contribution is 2.41. The summed E-state index contributed by atoms with van der Waals surface area (Å²) in [6, 6.07) is 8.03. The van der Waals surface area contributed by atoms with E-state index < -0.39 is 17.7 Å². The largest absolute Gasteiger partial charge is 0.505 e. The smallest absolute Gasteiger partial charge is 0.295 e. The number of carbonyl (C=O) groups is 2. The molecule has 190 valence electrons. The number of nitrogens with zero attached hydrogens (tertiary/aromatic N) is 4. The lowest BCUT2D eigenvalue weighted by Crippen LogP contribution is -2.33. The average molecular weight is 529 g/mol. The summed E-state index contributed by atoms with van der Waals surface area (Å²) in [7, 11) is 0. The molecular formula is C27H30Cl2N4O3. The van der Waals surface area contributed by atoms with E-state index in [2.05, 4.69) is 23.7 Å². The molecule has 1 fully saturated rings. The number of aliphatic hydroxyl groups is 1. The lowest BCUT2D eigenvalue weighted by molar-refractivity contribution is -0.140. The van der Waals surface area contributed by atoms with Crippen molar-refractivity contribution < 1.29 is 14.7 Å². The van der Waals surface area contributed by atoms with Gasteiger partial charge in [0.2, 0.25) is 0 Å². The number of pyridine rings is 1. The van der Waals surface area contributed by atoms with Crippen molar-refractivity contribution in [2.75, 3.05) is 26.2 Å². The molecule has 0 spiro atoms. The van der Waals surface area contributed by atoms with Crippen molar-refractivity contribution in [3.63, 3.8) is 0 Å². The van der Waals surface area contributed by atoms with Crippen molar-refractivity contribution in [3.05, 3.63) is 74.7 Å². The molecule has 1 aliphatic rings. The van der Waals surface area contributed by atoms with E-state index in [9.17, 15) is 14.7 Å². The molecule has 3 heterocycles. The fraction of sp³-hybridized carbons (Fsp3) is 0.370. The number of carbonyl (C=O) groups excluding carboxylic acids is 2. The summed E-state index contributed by atoms with van der Waals surface area (Å²) < 4.78 is 1.86. The van der Waals surface area contributed by atoms with Gasteiger partial charge in [-0.15, -0.1) is 0 Å². The number of Topliss-reactive ketones (excluding diaryl/α,β-unsaturated/α-hetero) is 1. The Morgan fingerprint density at radius 2 is 1.83 bits per heavy atom. The number of fused-ring (bicyclic) bond motifs is 1. The monoisotopic (exact) mass is 528 g/mol. The number of amides is 1. The fourth-order valence-electron chi connectivity index (χ4n) is 4.82. The molecule has 0 saturated carbocycles. The first kappa shape index (κ1) is 26.2. The third-order valence-electron chi connectivity index (χ3n) is 6.88. The fourth-order valence-corrected chi connectivity index (χ4v) is 5.12. The number of rotatable bonds is 8. The van der Waals surface area contributed by atoms with Crippen molar-refractivity contribution in [1.29, 1.82) is 0 Å². The normalized spacial score (nSPS) is 17.6. The molecule has 4 rings (SSSR count). The molecule has 1 unspecified atom stereocenters. The van der Waals surface area contributed by atoms with Crippen molar-refractivity contribution in [2.45, 2.75) is 40.2 Å². The number of aryl methyl sites for hydroxylation is 2. The Balaban J connectivity index is 1.84. The maximum atomic E-state index is 13.4. The Hall–Kier alpha value is -2.87. The van der Waals surface area contributed by atoms with Gasteiger partial charge < -0.3 is 19.3 Å². The second-order valence-corrected chi connectivity index (χ2v) is 9.79. The predicted molar refractivity (Wildman–Crippen MR) is 143 cm³/mol. The number of halogens is 2. The SMILES string of the molecule is CCN(CC)CCCN1C(=O)C(=O)C(=C(O)c2nc3c(C)cccn3c2C)C1c1ccc(Cl)c(Cl)c1. The second kappa shape index (κ2) is 10.6. The maximum Gasteiger partial charge on any atom is 0.295 e. The molecule has 9 heteroatoms. The molecule has 1 aliphatic heterocycles. The molecule has 1 amide bonds. The number of hydrogen-bond donors (Lipinski definition) is 1. The Kier molecular flexibility index (Phi) is 7.73. The van der Waals surface area contributed by atoms with Crippen molar-refractivity contribution in [2.24, 2.45) is 0 Å². The Bertz CT molecular complexity index is 1360. The summed E-state index contributed by atoms with van der Waals surface area (Å²) >= 11 is 12.5. The molecule has 7 nitrogen and oxygen atoms in total. The minimum atomic E-state index is -0.804. The number of benzene rings is 1. The molecule has 1 saturated heterocycles. The Morgan fingerprint density at radius 3 is 2.47 bits per heavy atom. The third kappa shape index (κ3) is 4.63. The quantitative estimate of drug-likeness (QED) is 0.240. The van der Waals surface area contributed by atoms with E-state index in [4.69, 9.17) is 23.2 Å². The number of aliphatic hydroxyl groups excluding tert-OH is 1. The van der Waals surface area contributed by atoms with E-state index in [0.717, 1.165) is 25.2 Å². The molecule has 0 radical (unpaired) electrons. The van der Waals surface area contributed by atoms with Gasteiger partial charge in [-0.05, 0) is 69.2 Å². The summed E-state index contributed by atoms with van der Waals surface area (Å²) in [4.78, 5) is 35.0. The van der Waals surface area contributed by atoms with Gasteiger partial charge in [0.1, 0.15) is 11.3 Å². The number of aromatic nitrogens is 2. The van der Waals surface area contributed by atoms with Crippen LogP contribution in [0.5, 0.6) is 0 Å². The minimum Gasteiger partial charge on any atom is -0.505 e. The molecule has 1 N–H and O–H groups in total. The Morgan fingerprint density at radius 1 is 1.11 bits per heavy atom. The van der Waals surface area contributed by atoms with Gasteiger partial charge in [-0.25, -0.2) is 4.98 Å². The maximum absolute atomic E-state index is 13.4. The van der Waals surface area contributed by atoms with E-state index >= 15 is 0 Å². The van der Waals surface area contributed by atoms with Crippen molar-refractivity contribution in [3.8, 4) is 0 Å². The lowest BCUT2D eigenvalue weighted by atomic mass is 9.96. The number of ketones is 1. The minimum absolute atomic E-state index is 0.00499. The molecule has 1 aromatic carbocycles. The van der Waals surface area contributed by atoms with Crippen LogP contribution in [0.2, 0.25) is 10.0 Å².